The van der Waals surface area contributed by atoms with Crippen molar-refractivity contribution in [2.24, 2.45) is 5.73 Å². The van der Waals surface area contributed by atoms with Crippen molar-refractivity contribution in [3.63, 3.8) is 0 Å². The molecule has 1 aromatic heterocycles. The van der Waals surface area contributed by atoms with Crippen molar-refractivity contribution in [3.8, 4) is 0 Å². The maximum atomic E-state index is 7.75. The summed E-state index contributed by atoms with van der Waals surface area (Å²) in [5.41, 5.74) is 6.45. The largest absolute Gasteiger partial charge is 0.333 e. The van der Waals surface area contributed by atoms with Gasteiger partial charge in [0, 0.05) is 19.5 Å². The molecule has 0 amide bonds. The summed E-state index contributed by atoms with van der Waals surface area (Å²) in [7, 11) is 3.65. The molecule has 13 heavy (non-hydrogen) atoms. The van der Waals surface area contributed by atoms with Crippen molar-refractivity contribution >= 4 is 23.0 Å². The number of anilines is 1. The van der Waals surface area contributed by atoms with Crippen LogP contribution < -0.4 is 10.6 Å². The van der Waals surface area contributed by atoms with Gasteiger partial charge in [-0.3, -0.25) is 5.41 Å². The lowest BCUT2D eigenvalue weighted by Gasteiger charge is -2.25. The van der Waals surface area contributed by atoms with Gasteiger partial charge >= 0.3 is 0 Å². The molecule has 0 aromatic carbocycles. The Balaban J connectivity index is 2.68. The van der Waals surface area contributed by atoms with Crippen molar-refractivity contribution in [3.05, 3.63) is 16.8 Å². The van der Waals surface area contributed by atoms with Gasteiger partial charge in [-0.1, -0.05) is 0 Å². The monoisotopic (exact) mass is 198 g/mol. The molecule has 0 spiro atoms. The smallest absolute Gasteiger partial charge is 0.198 e. The van der Waals surface area contributed by atoms with Crippen LogP contribution >= 0.6 is 11.3 Å². The van der Waals surface area contributed by atoms with Gasteiger partial charge in [0.1, 0.15) is 0 Å². The SMILES string of the molecule is CN(CN)C(=N)N(C)c1ccsc1. The minimum absolute atomic E-state index is 0.354. The Labute approximate surface area is 82.1 Å². The molecular weight excluding hydrogens is 184 g/mol. The van der Waals surface area contributed by atoms with E-state index in [1.165, 1.54) is 0 Å². The molecule has 3 N–H and O–H groups in total. The predicted molar refractivity (Wildman–Crippen MR) is 57.3 cm³/mol. The van der Waals surface area contributed by atoms with Crippen molar-refractivity contribution < 1.29 is 0 Å². The number of thiophene rings is 1. The van der Waals surface area contributed by atoms with Crippen molar-refractivity contribution in [2.75, 3.05) is 25.7 Å². The molecule has 0 fully saturated rings. The molecule has 0 aliphatic carbocycles. The quantitative estimate of drug-likeness (QED) is 0.423. The minimum atomic E-state index is 0.354. The topological polar surface area (TPSA) is 56.4 Å². The maximum absolute atomic E-state index is 7.75. The zero-order chi connectivity index (χ0) is 9.84. The van der Waals surface area contributed by atoms with E-state index in [-0.39, 0.29) is 0 Å². The second kappa shape index (κ2) is 4.25. The highest BCUT2D eigenvalue weighted by Gasteiger charge is 2.10. The van der Waals surface area contributed by atoms with Crippen LogP contribution in [0.4, 0.5) is 5.69 Å². The van der Waals surface area contributed by atoms with E-state index in [9.17, 15) is 0 Å². The molecule has 0 bridgehead atoms. The van der Waals surface area contributed by atoms with E-state index in [1.54, 1.807) is 28.2 Å². The van der Waals surface area contributed by atoms with Gasteiger partial charge in [0.05, 0.1) is 12.4 Å². The number of guanidine groups is 1. The fourth-order valence-corrected chi connectivity index (χ4v) is 1.59. The fourth-order valence-electron chi connectivity index (χ4n) is 0.913. The van der Waals surface area contributed by atoms with Crippen LogP contribution in [0.25, 0.3) is 0 Å². The molecule has 0 aliphatic rings. The number of nitrogens with two attached hydrogens (primary N) is 1. The molecule has 0 unspecified atom stereocenters. The lowest BCUT2D eigenvalue weighted by atomic mass is 10.5. The summed E-state index contributed by atoms with van der Waals surface area (Å²) >= 11 is 1.62. The van der Waals surface area contributed by atoms with Crippen LogP contribution in [0.5, 0.6) is 0 Å². The van der Waals surface area contributed by atoms with E-state index in [2.05, 4.69) is 0 Å². The molecule has 5 heteroatoms. The van der Waals surface area contributed by atoms with E-state index < -0.39 is 0 Å². The highest BCUT2D eigenvalue weighted by Crippen LogP contribution is 2.16. The minimum Gasteiger partial charge on any atom is -0.333 e. The Hall–Kier alpha value is -1.07. The third-order valence-corrected chi connectivity index (χ3v) is 2.52. The molecule has 0 saturated heterocycles. The van der Waals surface area contributed by atoms with Crippen LogP contribution in [-0.2, 0) is 0 Å². The molecule has 72 valence electrons. The lowest BCUT2D eigenvalue weighted by molar-refractivity contribution is 0.508. The van der Waals surface area contributed by atoms with Crippen LogP contribution in [-0.4, -0.2) is 31.6 Å². The van der Waals surface area contributed by atoms with E-state index in [0.29, 0.717) is 12.6 Å². The zero-order valence-corrected chi connectivity index (χ0v) is 8.64. The third-order valence-electron chi connectivity index (χ3n) is 1.85. The fraction of sp³-hybridized carbons (Fsp3) is 0.375. The third kappa shape index (κ3) is 2.19. The molecular formula is C8H14N4S. The number of nitrogens with one attached hydrogen (secondary N) is 1. The predicted octanol–water partition coefficient (Wildman–Crippen LogP) is 0.967. The van der Waals surface area contributed by atoms with Gasteiger partial charge < -0.3 is 15.5 Å². The standard InChI is InChI=1S/C8H14N4S/c1-11(6-9)8(10)12(2)7-3-4-13-5-7/h3-5,10H,6,9H2,1-2H3. The molecule has 4 nitrogen and oxygen atoms in total. The number of hydrogen-bond acceptors (Lipinski definition) is 3. The highest BCUT2D eigenvalue weighted by molar-refractivity contribution is 7.08. The van der Waals surface area contributed by atoms with Crippen molar-refractivity contribution in [1.82, 2.24) is 4.90 Å². The first kappa shape index (κ1) is 10.0. The average molecular weight is 198 g/mol. The van der Waals surface area contributed by atoms with Gasteiger partial charge in [-0.2, -0.15) is 11.3 Å². The van der Waals surface area contributed by atoms with E-state index in [0.717, 1.165) is 5.69 Å². The summed E-state index contributed by atoms with van der Waals surface area (Å²) in [6.45, 7) is 0.354. The van der Waals surface area contributed by atoms with Crippen molar-refractivity contribution in [2.45, 2.75) is 0 Å². The first-order chi connectivity index (χ1) is 6.16. The van der Waals surface area contributed by atoms with Gasteiger partial charge in [0.2, 0.25) is 0 Å². The van der Waals surface area contributed by atoms with Gasteiger partial charge in [-0.25, -0.2) is 0 Å². The summed E-state index contributed by atoms with van der Waals surface area (Å²) in [6.07, 6.45) is 0. The van der Waals surface area contributed by atoms with Crippen LogP contribution in [0.1, 0.15) is 0 Å². The first-order valence-corrected chi connectivity index (χ1v) is 4.86. The molecule has 1 aromatic rings. The van der Waals surface area contributed by atoms with Gasteiger partial charge in [-0.05, 0) is 11.4 Å². The number of nitrogens with zero attached hydrogens (tertiary/aromatic N) is 2. The van der Waals surface area contributed by atoms with Crippen LogP contribution in [0, 0.1) is 5.41 Å². The molecule has 0 aliphatic heterocycles. The molecule has 0 radical (unpaired) electrons. The second-order valence-electron chi connectivity index (χ2n) is 2.74. The van der Waals surface area contributed by atoms with Gasteiger partial charge in [0.25, 0.3) is 0 Å². The second-order valence-corrected chi connectivity index (χ2v) is 3.52. The summed E-state index contributed by atoms with van der Waals surface area (Å²) in [5, 5.41) is 11.7. The Morgan fingerprint density at radius 2 is 2.31 bits per heavy atom. The summed E-state index contributed by atoms with van der Waals surface area (Å²) in [6, 6.07) is 1.98. The average Bonchev–Trinajstić information content (AvgIpc) is 2.67. The summed E-state index contributed by atoms with van der Waals surface area (Å²) in [4.78, 5) is 3.47. The van der Waals surface area contributed by atoms with Gasteiger partial charge in [-0.15, -0.1) is 0 Å². The maximum Gasteiger partial charge on any atom is 0.198 e. The Bertz CT molecular complexity index is 270. The van der Waals surface area contributed by atoms with E-state index in [1.807, 2.05) is 23.9 Å². The summed E-state index contributed by atoms with van der Waals surface area (Å²) in [5.74, 6) is 0.404. The normalized spacial score (nSPS) is 9.77. The van der Waals surface area contributed by atoms with Crippen LogP contribution in [0.15, 0.2) is 16.8 Å². The number of hydrogen-bond donors (Lipinski definition) is 2. The first-order valence-electron chi connectivity index (χ1n) is 3.92. The van der Waals surface area contributed by atoms with Crippen LogP contribution in [0.2, 0.25) is 0 Å². The lowest BCUT2D eigenvalue weighted by Crippen LogP contribution is -2.42. The molecule has 1 rings (SSSR count). The van der Waals surface area contributed by atoms with Crippen molar-refractivity contribution in [1.29, 1.82) is 5.41 Å². The number of rotatable bonds is 2. The van der Waals surface area contributed by atoms with E-state index in [4.69, 9.17) is 11.1 Å². The molecule has 0 saturated carbocycles. The molecule has 1 heterocycles. The Morgan fingerprint density at radius 1 is 1.62 bits per heavy atom. The molecule has 0 atom stereocenters. The Morgan fingerprint density at radius 3 is 2.77 bits per heavy atom. The summed E-state index contributed by atoms with van der Waals surface area (Å²) < 4.78 is 0. The van der Waals surface area contributed by atoms with Gasteiger partial charge in [0.15, 0.2) is 5.96 Å². The Kier molecular flexibility index (Phi) is 3.27. The van der Waals surface area contributed by atoms with E-state index >= 15 is 0 Å². The van der Waals surface area contributed by atoms with Crippen LogP contribution in [0.3, 0.4) is 0 Å². The zero-order valence-electron chi connectivity index (χ0n) is 7.82. The highest BCUT2D eigenvalue weighted by atomic mass is 32.1.